The Morgan fingerprint density at radius 1 is 0.975 bits per heavy atom. The molecule has 0 aliphatic heterocycles. The molecular weight excluding hydrogens is 522 g/mol. The van der Waals surface area contributed by atoms with E-state index in [1.165, 1.54) is 51.9 Å². The first kappa shape index (κ1) is 30.0. The van der Waals surface area contributed by atoms with Gasteiger partial charge < -0.3 is 10.4 Å². The molecule has 0 heterocycles. The van der Waals surface area contributed by atoms with Crippen molar-refractivity contribution in [3.63, 3.8) is 0 Å². The summed E-state index contributed by atoms with van der Waals surface area (Å²) in [5.41, 5.74) is 1.38. The van der Waals surface area contributed by atoms with Crippen LogP contribution in [-0.2, 0) is 14.9 Å². The van der Waals surface area contributed by atoms with E-state index < -0.39 is 21.4 Å². The number of carbonyl (C=O) groups excluding carboxylic acids is 1. The molecule has 4 aliphatic rings. The summed E-state index contributed by atoms with van der Waals surface area (Å²) in [5.74, 6) is 3.89. The van der Waals surface area contributed by atoms with Crippen molar-refractivity contribution in [2.75, 3.05) is 0 Å². The molecule has 6 nitrogen and oxygen atoms in total. The number of aliphatic hydroxyl groups excluding tert-OH is 1. The number of rotatable bonds is 8. The highest BCUT2D eigenvalue weighted by atomic mass is 32.2. The molecule has 0 radical (unpaired) electrons. The predicted molar refractivity (Wildman–Crippen MR) is 158 cm³/mol. The van der Waals surface area contributed by atoms with Gasteiger partial charge in [-0.2, -0.15) is 8.42 Å². The smallest absolute Gasteiger partial charge is 0.269 e. The Balaban J connectivity index is 1.22. The summed E-state index contributed by atoms with van der Waals surface area (Å²) in [6, 6.07) is 8.24. The summed E-state index contributed by atoms with van der Waals surface area (Å²) in [6.45, 7) is 8.84. The number of nitrogens with one attached hydrogen (secondary N) is 1. The van der Waals surface area contributed by atoms with E-state index in [1.54, 1.807) is 12.1 Å². The molecule has 0 bridgehead atoms. The third-order valence-corrected chi connectivity index (χ3v) is 13.9. The number of fused-ring (bicyclic) bond motifs is 5. The SMILES string of the molecule is C[C@H](CCC(=O)N[C@H](c1ccccc1)[C@H](C)S(=O)(=O)O)[C@H]1CC[C@H]2[C@@H]3CC[C@@H]4C[C@H](O)CC[C@]4(C)[C@H]3CC[C@]12C. The number of hydrogen-bond donors (Lipinski definition) is 3. The molecule has 0 spiro atoms. The summed E-state index contributed by atoms with van der Waals surface area (Å²) < 4.78 is 33.6. The highest BCUT2D eigenvalue weighted by Crippen LogP contribution is 2.68. The Hall–Kier alpha value is -1.44. The lowest BCUT2D eigenvalue weighted by molar-refractivity contribution is -0.130. The number of aliphatic hydroxyl groups is 1. The summed E-state index contributed by atoms with van der Waals surface area (Å²) >= 11 is 0. The first-order chi connectivity index (χ1) is 18.8. The lowest BCUT2D eigenvalue weighted by atomic mass is 9.44. The fourth-order valence-electron chi connectivity index (χ4n) is 10.3. The van der Waals surface area contributed by atoms with E-state index >= 15 is 0 Å². The minimum Gasteiger partial charge on any atom is -0.393 e. The number of benzene rings is 1. The van der Waals surface area contributed by atoms with Crippen LogP contribution in [0.15, 0.2) is 30.3 Å². The van der Waals surface area contributed by atoms with E-state index in [2.05, 4.69) is 26.1 Å². The Morgan fingerprint density at radius 3 is 2.35 bits per heavy atom. The Kier molecular flexibility index (Phi) is 8.51. The average Bonchev–Trinajstić information content (AvgIpc) is 3.27. The van der Waals surface area contributed by atoms with Crippen molar-refractivity contribution in [1.82, 2.24) is 5.32 Å². The fourth-order valence-corrected chi connectivity index (χ4v) is 10.9. The molecule has 4 saturated carbocycles. The van der Waals surface area contributed by atoms with Crippen LogP contribution in [0.2, 0.25) is 0 Å². The van der Waals surface area contributed by atoms with Gasteiger partial charge in [0.1, 0.15) is 5.25 Å². The van der Waals surface area contributed by atoms with Gasteiger partial charge in [-0.25, -0.2) is 0 Å². The van der Waals surface area contributed by atoms with Crippen LogP contribution >= 0.6 is 0 Å². The molecule has 0 aromatic heterocycles. The molecule has 11 atom stereocenters. The standard InChI is InChI=1S/C33H51NO5S/c1-21(10-15-30(36)34-31(22(2)40(37,38)39)23-8-6-5-7-9-23)27-13-14-28-26-12-11-24-20-25(35)16-18-32(24,3)29(26)17-19-33(27,28)4/h5-9,21-22,24-29,31,35H,10-20H2,1-4H3,(H,34,36)(H,37,38,39)/t21-,22+,24-,25-,26+,27-,28+,29+,31+,32+,33-/m1/s1. The number of carbonyl (C=O) groups is 1. The maximum Gasteiger partial charge on any atom is 0.269 e. The van der Waals surface area contributed by atoms with Gasteiger partial charge in [0.05, 0.1) is 12.1 Å². The number of amides is 1. The normalized spacial score (nSPS) is 39.8. The summed E-state index contributed by atoms with van der Waals surface area (Å²) in [4.78, 5) is 13.1. The van der Waals surface area contributed by atoms with Gasteiger partial charge in [-0.15, -0.1) is 0 Å². The van der Waals surface area contributed by atoms with Crippen molar-refractivity contribution < 1.29 is 22.9 Å². The molecule has 1 amide bonds. The molecule has 0 unspecified atom stereocenters. The zero-order valence-corrected chi connectivity index (χ0v) is 25.7. The second kappa shape index (κ2) is 11.3. The van der Waals surface area contributed by atoms with Gasteiger partial charge in [-0.3, -0.25) is 9.35 Å². The fraction of sp³-hybridized carbons (Fsp3) is 0.788. The summed E-state index contributed by atoms with van der Waals surface area (Å²) in [7, 11) is -4.31. The first-order valence-electron chi connectivity index (χ1n) is 15.8. The van der Waals surface area contributed by atoms with E-state index in [1.807, 2.05) is 18.2 Å². The predicted octanol–water partition coefficient (Wildman–Crippen LogP) is 6.56. The van der Waals surface area contributed by atoms with Crippen LogP contribution in [0, 0.1) is 46.3 Å². The lowest BCUT2D eigenvalue weighted by Gasteiger charge is -2.61. The van der Waals surface area contributed by atoms with Crippen molar-refractivity contribution in [3.05, 3.63) is 35.9 Å². The van der Waals surface area contributed by atoms with Gasteiger partial charge >= 0.3 is 0 Å². The van der Waals surface area contributed by atoms with E-state index in [9.17, 15) is 22.9 Å². The third kappa shape index (κ3) is 5.51. The van der Waals surface area contributed by atoms with Crippen molar-refractivity contribution in [2.45, 2.75) is 116 Å². The van der Waals surface area contributed by atoms with Gasteiger partial charge in [-0.05, 0) is 123 Å². The molecule has 1 aromatic rings. The molecule has 1 aromatic carbocycles. The van der Waals surface area contributed by atoms with Gasteiger partial charge in [0.15, 0.2) is 0 Å². The molecule has 4 fully saturated rings. The third-order valence-electron chi connectivity index (χ3n) is 12.6. The Morgan fingerprint density at radius 2 is 1.65 bits per heavy atom. The largest absolute Gasteiger partial charge is 0.393 e. The number of hydrogen-bond acceptors (Lipinski definition) is 4. The highest BCUT2D eigenvalue weighted by Gasteiger charge is 2.60. The summed E-state index contributed by atoms with van der Waals surface area (Å²) in [6.07, 6.45) is 11.9. The maximum absolute atomic E-state index is 13.1. The topological polar surface area (TPSA) is 104 Å². The van der Waals surface area contributed by atoms with Gasteiger partial charge in [-0.1, -0.05) is 51.1 Å². The Labute approximate surface area is 241 Å². The molecule has 7 heteroatoms. The van der Waals surface area contributed by atoms with Crippen LogP contribution in [0.5, 0.6) is 0 Å². The van der Waals surface area contributed by atoms with Crippen LogP contribution in [0.25, 0.3) is 0 Å². The molecule has 224 valence electrons. The second-order valence-electron chi connectivity index (χ2n) is 14.5. The van der Waals surface area contributed by atoms with Crippen LogP contribution in [0.1, 0.15) is 110 Å². The quantitative estimate of drug-likeness (QED) is 0.306. The molecule has 40 heavy (non-hydrogen) atoms. The zero-order valence-electron chi connectivity index (χ0n) is 24.9. The monoisotopic (exact) mass is 573 g/mol. The van der Waals surface area contributed by atoms with Crippen LogP contribution < -0.4 is 5.32 Å². The van der Waals surface area contributed by atoms with Crippen LogP contribution in [-0.4, -0.2) is 35.3 Å². The second-order valence-corrected chi connectivity index (χ2v) is 16.3. The van der Waals surface area contributed by atoms with E-state index in [0.29, 0.717) is 40.6 Å². The maximum atomic E-state index is 13.1. The zero-order chi connectivity index (χ0) is 28.9. The molecule has 0 saturated heterocycles. The van der Waals surface area contributed by atoms with Crippen molar-refractivity contribution >= 4 is 16.0 Å². The minimum absolute atomic E-state index is 0.100. The van der Waals surface area contributed by atoms with Crippen molar-refractivity contribution in [2.24, 2.45) is 46.3 Å². The molecule has 3 N–H and O–H groups in total. The first-order valence-corrected chi connectivity index (χ1v) is 17.3. The van der Waals surface area contributed by atoms with Gasteiger partial charge in [0.25, 0.3) is 10.1 Å². The highest BCUT2D eigenvalue weighted by molar-refractivity contribution is 7.86. The van der Waals surface area contributed by atoms with Gasteiger partial charge in [0.2, 0.25) is 5.91 Å². The minimum atomic E-state index is -4.31. The molecular formula is C33H51NO5S. The van der Waals surface area contributed by atoms with E-state index in [0.717, 1.165) is 37.0 Å². The molecule has 4 aliphatic carbocycles. The average molecular weight is 574 g/mol. The van der Waals surface area contributed by atoms with Gasteiger partial charge in [0, 0.05) is 6.42 Å². The van der Waals surface area contributed by atoms with Crippen LogP contribution in [0.4, 0.5) is 0 Å². The van der Waals surface area contributed by atoms with Crippen LogP contribution in [0.3, 0.4) is 0 Å². The lowest BCUT2D eigenvalue weighted by Crippen LogP contribution is -2.54. The summed E-state index contributed by atoms with van der Waals surface area (Å²) in [5, 5.41) is 12.1. The van der Waals surface area contributed by atoms with E-state index in [4.69, 9.17) is 0 Å². The Bertz CT molecular complexity index is 1160. The van der Waals surface area contributed by atoms with Crippen molar-refractivity contribution in [1.29, 1.82) is 0 Å². The van der Waals surface area contributed by atoms with Crippen molar-refractivity contribution in [3.8, 4) is 0 Å². The van der Waals surface area contributed by atoms with E-state index in [-0.39, 0.29) is 12.0 Å². The molecule has 5 rings (SSSR count).